The van der Waals surface area contributed by atoms with Crippen molar-refractivity contribution >= 4 is 51.3 Å². The van der Waals surface area contributed by atoms with Crippen LogP contribution in [0.15, 0.2) is 42.5 Å². The molecule has 0 saturated carbocycles. The van der Waals surface area contributed by atoms with Gasteiger partial charge in [-0.2, -0.15) is 0 Å². The lowest BCUT2D eigenvalue weighted by Crippen LogP contribution is -2.40. The first-order valence-electron chi connectivity index (χ1n) is 8.71. The average Bonchev–Trinajstić information content (AvgIpc) is 3.11. The van der Waals surface area contributed by atoms with Crippen molar-refractivity contribution in [3.63, 3.8) is 0 Å². The van der Waals surface area contributed by atoms with Crippen LogP contribution in [0.4, 0.5) is 21.0 Å². The second-order valence-electron chi connectivity index (χ2n) is 6.32. The van der Waals surface area contributed by atoms with Gasteiger partial charge < -0.3 is 21.1 Å². The van der Waals surface area contributed by atoms with Crippen LogP contribution in [0.25, 0.3) is 0 Å². The summed E-state index contributed by atoms with van der Waals surface area (Å²) in [5, 5.41) is 0.117. The van der Waals surface area contributed by atoms with E-state index in [1.54, 1.807) is 31.2 Å². The Labute approximate surface area is 181 Å². The van der Waals surface area contributed by atoms with Crippen LogP contribution in [0, 0.1) is 5.82 Å². The molecule has 156 valence electrons. The molecule has 3 rings (SSSR count). The third kappa shape index (κ3) is 4.22. The van der Waals surface area contributed by atoms with Gasteiger partial charge >= 0.3 is 0 Å². The van der Waals surface area contributed by atoms with Gasteiger partial charge in [0.1, 0.15) is 28.3 Å². The maximum Gasteiger partial charge on any atom is 0.240 e. The van der Waals surface area contributed by atoms with Gasteiger partial charge in [0.25, 0.3) is 0 Å². The predicted octanol–water partition coefficient (Wildman–Crippen LogP) is 3.77. The van der Waals surface area contributed by atoms with Crippen molar-refractivity contribution in [1.29, 1.82) is 0 Å². The van der Waals surface area contributed by atoms with Crippen molar-refractivity contribution in [2.45, 2.75) is 13.0 Å². The molecule has 3 aromatic rings. The van der Waals surface area contributed by atoms with Gasteiger partial charge in [0.2, 0.25) is 11.7 Å². The molecule has 1 unspecified atom stereocenters. The molecule has 30 heavy (non-hydrogen) atoms. The second-order valence-corrected chi connectivity index (χ2v) is 7.70. The number of primary amides is 1. The molecule has 0 bridgehead atoms. The van der Waals surface area contributed by atoms with Crippen LogP contribution in [0.3, 0.4) is 0 Å². The summed E-state index contributed by atoms with van der Waals surface area (Å²) in [5.41, 5.74) is 12.3. The van der Waals surface area contributed by atoms with Gasteiger partial charge in [-0.1, -0.05) is 22.9 Å². The van der Waals surface area contributed by atoms with Gasteiger partial charge in [-0.05, 0) is 49.4 Å². The SMILES string of the molecule is COc1ccc(C(=O)c2sc(N(c3ccc(F)c(Cl)c3)C(C)C(N)=O)nc2N)cc1. The number of carbonyl (C=O) groups excluding carboxylic acids is 2. The molecule has 2 aromatic carbocycles. The number of nitrogen functional groups attached to an aromatic ring is 1. The van der Waals surface area contributed by atoms with Crippen molar-refractivity contribution in [3.05, 3.63) is 63.7 Å². The first-order chi connectivity index (χ1) is 14.2. The number of ketones is 1. The number of thiazole rings is 1. The number of benzene rings is 2. The molecular formula is C20H18ClFN4O3S. The molecule has 10 heteroatoms. The van der Waals surface area contributed by atoms with Crippen molar-refractivity contribution in [3.8, 4) is 5.75 Å². The van der Waals surface area contributed by atoms with Gasteiger partial charge in [0, 0.05) is 11.3 Å². The lowest BCUT2D eigenvalue weighted by atomic mass is 10.1. The Kier molecular flexibility index (Phi) is 6.23. The maximum atomic E-state index is 13.6. The van der Waals surface area contributed by atoms with Gasteiger partial charge in [0.15, 0.2) is 5.13 Å². The standard InChI is InChI=1S/C20H18ClFN4O3S/c1-10(19(24)28)26(12-5-8-15(22)14(21)9-12)20-25-18(23)17(30-20)16(27)11-3-6-13(29-2)7-4-11/h3-10H,23H2,1-2H3,(H2,24,28). The monoisotopic (exact) mass is 448 g/mol. The minimum absolute atomic E-state index is 0.00528. The number of hydrogen-bond donors (Lipinski definition) is 2. The molecule has 1 aromatic heterocycles. The van der Waals surface area contributed by atoms with Crippen LogP contribution in [0.5, 0.6) is 5.75 Å². The third-order valence-electron chi connectivity index (χ3n) is 4.39. The number of amides is 1. The fourth-order valence-corrected chi connectivity index (χ4v) is 3.95. The molecule has 1 atom stereocenters. The highest BCUT2D eigenvalue weighted by Crippen LogP contribution is 2.37. The number of hydrogen-bond acceptors (Lipinski definition) is 7. The first-order valence-corrected chi connectivity index (χ1v) is 9.91. The number of nitrogens with zero attached hydrogens (tertiary/aromatic N) is 2. The van der Waals surface area contributed by atoms with E-state index >= 15 is 0 Å². The van der Waals surface area contributed by atoms with Crippen molar-refractivity contribution < 1.29 is 18.7 Å². The van der Waals surface area contributed by atoms with E-state index in [4.69, 9.17) is 27.8 Å². The maximum absolute atomic E-state index is 13.6. The van der Waals surface area contributed by atoms with Crippen LogP contribution >= 0.6 is 22.9 Å². The van der Waals surface area contributed by atoms with E-state index in [2.05, 4.69) is 4.98 Å². The number of carbonyl (C=O) groups is 2. The van der Waals surface area contributed by atoms with Gasteiger partial charge in [-0.3, -0.25) is 9.59 Å². The summed E-state index contributed by atoms with van der Waals surface area (Å²) in [6.07, 6.45) is 0. The average molecular weight is 449 g/mol. The third-order valence-corrected chi connectivity index (χ3v) is 5.75. The van der Waals surface area contributed by atoms with E-state index in [1.807, 2.05) is 0 Å². The van der Waals surface area contributed by atoms with E-state index < -0.39 is 17.8 Å². The molecule has 0 aliphatic rings. The quantitative estimate of drug-likeness (QED) is 0.532. The molecule has 1 heterocycles. The van der Waals surface area contributed by atoms with Crippen LogP contribution in [0.1, 0.15) is 22.2 Å². The number of halogens is 2. The molecule has 0 radical (unpaired) electrons. The number of ether oxygens (including phenoxy) is 1. The van der Waals surface area contributed by atoms with Gasteiger partial charge in [0.05, 0.1) is 12.1 Å². The van der Waals surface area contributed by atoms with Gasteiger partial charge in [-0.15, -0.1) is 0 Å². The highest BCUT2D eigenvalue weighted by Gasteiger charge is 2.27. The summed E-state index contributed by atoms with van der Waals surface area (Å²) in [7, 11) is 1.53. The Morgan fingerprint density at radius 2 is 1.90 bits per heavy atom. The minimum atomic E-state index is -0.860. The molecule has 4 N–H and O–H groups in total. The molecule has 0 spiro atoms. The van der Waals surface area contributed by atoms with Crippen LogP contribution in [-0.4, -0.2) is 29.8 Å². The van der Waals surface area contributed by atoms with E-state index in [0.717, 1.165) is 11.3 Å². The topological polar surface area (TPSA) is 112 Å². The summed E-state index contributed by atoms with van der Waals surface area (Å²) in [4.78, 5) is 30.7. The Hall–Kier alpha value is -3.17. The molecule has 0 fully saturated rings. The zero-order valence-corrected chi connectivity index (χ0v) is 17.6. The van der Waals surface area contributed by atoms with E-state index in [1.165, 1.54) is 30.2 Å². The number of aromatic nitrogens is 1. The first kappa shape index (κ1) is 21.5. The molecule has 0 aliphatic carbocycles. The zero-order valence-electron chi connectivity index (χ0n) is 16.1. The summed E-state index contributed by atoms with van der Waals surface area (Å²) in [6.45, 7) is 1.56. The van der Waals surface area contributed by atoms with Crippen molar-refractivity contribution in [2.75, 3.05) is 17.7 Å². The summed E-state index contributed by atoms with van der Waals surface area (Å²) < 4.78 is 18.7. The Balaban J connectivity index is 2.04. The Morgan fingerprint density at radius 3 is 2.47 bits per heavy atom. The number of methoxy groups -OCH3 is 1. The number of nitrogens with two attached hydrogens (primary N) is 2. The van der Waals surface area contributed by atoms with Crippen molar-refractivity contribution in [1.82, 2.24) is 4.98 Å². The molecular weight excluding hydrogens is 431 g/mol. The lowest BCUT2D eigenvalue weighted by Gasteiger charge is -2.26. The van der Waals surface area contributed by atoms with Crippen LogP contribution < -0.4 is 21.1 Å². The molecule has 0 saturated heterocycles. The second kappa shape index (κ2) is 8.68. The fraction of sp³-hybridized carbons (Fsp3) is 0.150. The summed E-state index contributed by atoms with van der Waals surface area (Å²) in [6, 6.07) is 9.63. The Bertz CT molecular complexity index is 1100. The number of anilines is 3. The molecule has 0 aliphatic heterocycles. The highest BCUT2D eigenvalue weighted by molar-refractivity contribution is 7.18. The van der Waals surface area contributed by atoms with Crippen molar-refractivity contribution in [2.24, 2.45) is 5.73 Å². The molecule has 7 nitrogen and oxygen atoms in total. The highest BCUT2D eigenvalue weighted by atomic mass is 35.5. The fourth-order valence-electron chi connectivity index (χ4n) is 2.72. The summed E-state index contributed by atoms with van der Waals surface area (Å²) in [5.74, 6) is -0.971. The van der Waals surface area contributed by atoms with E-state index in [0.29, 0.717) is 17.0 Å². The zero-order chi connectivity index (χ0) is 22.0. The smallest absolute Gasteiger partial charge is 0.240 e. The van der Waals surface area contributed by atoms with Crippen LogP contribution in [0.2, 0.25) is 5.02 Å². The van der Waals surface area contributed by atoms with Crippen LogP contribution in [-0.2, 0) is 4.79 Å². The predicted molar refractivity (Wildman–Crippen MR) is 115 cm³/mol. The van der Waals surface area contributed by atoms with E-state index in [9.17, 15) is 14.0 Å². The normalized spacial score (nSPS) is 11.7. The lowest BCUT2D eigenvalue weighted by molar-refractivity contribution is -0.118. The number of rotatable bonds is 7. The van der Waals surface area contributed by atoms with Gasteiger partial charge in [-0.25, -0.2) is 9.37 Å². The minimum Gasteiger partial charge on any atom is -0.497 e. The Morgan fingerprint density at radius 1 is 1.23 bits per heavy atom. The largest absolute Gasteiger partial charge is 0.497 e. The van der Waals surface area contributed by atoms with E-state index in [-0.39, 0.29) is 26.6 Å². The molecule has 1 amide bonds. The summed E-state index contributed by atoms with van der Waals surface area (Å²) >= 11 is 6.89.